The smallest absolute Gasteiger partial charge is 0.231 e. The molecule has 4 nitrogen and oxygen atoms in total. The van der Waals surface area contributed by atoms with Crippen LogP contribution in [-0.4, -0.2) is 21.6 Å². The van der Waals surface area contributed by atoms with Crippen LogP contribution in [0.15, 0.2) is 29.3 Å². The van der Waals surface area contributed by atoms with Crippen LogP contribution in [-0.2, 0) is 10.5 Å². The molecule has 0 saturated heterocycles. The lowest BCUT2D eigenvalue weighted by Crippen LogP contribution is -2.47. The van der Waals surface area contributed by atoms with Crippen LogP contribution in [0.3, 0.4) is 0 Å². The summed E-state index contributed by atoms with van der Waals surface area (Å²) in [6, 6.07) is 10.5. The van der Waals surface area contributed by atoms with Crippen LogP contribution in [0.25, 0.3) is 0 Å². The lowest BCUT2D eigenvalue weighted by atomic mass is 9.92. The molecule has 1 fully saturated rings. The van der Waals surface area contributed by atoms with Crippen molar-refractivity contribution in [3.8, 4) is 6.07 Å². The van der Waals surface area contributed by atoms with Gasteiger partial charge < -0.3 is 5.32 Å². The fraction of sp³-hybridized carbons (Fsp3) is 0.500. The van der Waals surface area contributed by atoms with Crippen molar-refractivity contribution in [2.24, 2.45) is 4.99 Å². The number of nitrogens with one attached hydrogen (secondary N) is 1. The summed E-state index contributed by atoms with van der Waals surface area (Å²) in [5.74, 6) is 1.15. The minimum atomic E-state index is -0.664. The van der Waals surface area contributed by atoms with E-state index in [1.165, 1.54) is 17.3 Å². The number of nitriles is 1. The topological polar surface area (TPSA) is 65.2 Å². The first-order valence-corrected chi connectivity index (χ1v) is 10.3. The van der Waals surface area contributed by atoms with Gasteiger partial charge in [-0.3, -0.25) is 4.79 Å². The van der Waals surface area contributed by atoms with E-state index in [1.54, 1.807) is 11.8 Å². The molecule has 0 radical (unpaired) electrons. The number of hydrogen-bond acceptors (Lipinski definition) is 5. The average Bonchev–Trinajstić information content (AvgIpc) is 2.86. The van der Waals surface area contributed by atoms with E-state index in [4.69, 9.17) is 0 Å². The second-order valence-electron chi connectivity index (χ2n) is 6.24. The summed E-state index contributed by atoms with van der Waals surface area (Å²) in [7, 11) is 0. The van der Waals surface area contributed by atoms with E-state index in [0.29, 0.717) is 5.75 Å². The first-order chi connectivity index (χ1) is 11.7. The second-order valence-corrected chi connectivity index (χ2v) is 8.43. The fourth-order valence-electron chi connectivity index (χ4n) is 3.11. The number of benzene rings is 1. The highest BCUT2D eigenvalue weighted by molar-refractivity contribution is 8.38. The highest BCUT2D eigenvalue weighted by Crippen LogP contribution is 2.34. The molecule has 1 amide bonds. The molecule has 1 heterocycles. The van der Waals surface area contributed by atoms with Crippen molar-refractivity contribution in [3.63, 3.8) is 0 Å². The number of rotatable bonds is 3. The number of nitrogens with zero attached hydrogens (tertiary/aromatic N) is 2. The van der Waals surface area contributed by atoms with Crippen molar-refractivity contribution in [1.82, 2.24) is 5.32 Å². The third-order valence-electron chi connectivity index (χ3n) is 4.43. The molecule has 1 saturated carbocycles. The molecule has 126 valence electrons. The number of carbonyl (C=O) groups is 1. The summed E-state index contributed by atoms with van der Waals surface area (Å²) in [4.78, 5) is 16.9. The van der Waals surface area contributed by atoms with Crippen LogP contribution in [0, 0.1) is 11.3 Å². The lowest BCUT2D eigenvalue weighted by Gasteiger charge is -2.26. The van der Waals surface area contributed by atoms with Crippen LogP contribution >= 0.6 is 23.5 Å². The molecule has 1 aliphatic carbocycles. The Kier molecular flexibility index (Phi) is 5.85. The highest BCUT2D eigenvalue weighted by Gasteiger charge is 2.32. The number of carbonyl (C=O) groups excluding carboxylic acids is 1. The van der Waals surface area contributed by atoms with E-state index in [-0.39, 0.29) is 5.91 Å². The summed E-state index contributed by atoms with van der Waals surface area (Å²) in [6.07, 6.45) is 5.87. The van der Waals surface area contributed by atoms with Gasteiger partial charge in [0.15, 0.2) is 0 Å². The van der Waals surface area contributed by atoms with Gasteiger partial charge in [-0.05, 0) is 24.5 Å². The Labute approximate surface area is 151 Å². The largest absolute Gasteiger partial charge is 0.337 e. The summed E-state index contributed by atoms with van der Waals surface area (Å²) < 4.78 is 0.927. The van der Waals surface area contributed by atoms with E-state index in [9.17, 15) is 10.1 Å². The number of hydrogen-bond donors (Lipinski definition) is 1. The predicted molar refractivity (Wildman–Crippen MR) is 101 cm³/mol. The van der Waals surface area contributed by atoms with E-state index >= 15 is 0 Å². The van der Waals surface area contributed by atoms with Crippen molar-refractivity contribution in [2.75, 3.05) is 5.75 Å². The third-order valence-corrected chi connectivity index (χ3v) is 6.68. The monoisotopic (exact) mass is 359 g/mol. The van der Waals surface area contributed by atoms with Gasteiger partial charge in [0.05, 0.1) is 17.5 Å². The SMILES string of the molecule is N#CC1(NC(=O)CSC2=Nc3ccccc3CS2)CCCCCC1. The molecule has 24 heavy (non-hydrogen) atoms. The Morgan fingerprint density at radius 2 is 2.04 bits per heavy atom. The van der Waals surface area contributed by atoms with Crippen molar-refractivity contribution in [1.29, 1.82) is 5.26 Å². The van der Waals surface area contributed by atoms with Gasteiger partial charge in [-0.15, -0.1) is 0 Å². The summed E-state index contributed by atoms with van der Waals surface area (Å²) in [5, 5.41) is 12.5. The number of thioether (sulfide) groups is 2. The maximum atomic E-state index is 12.3. The van der Waals surface area contributed by atoms with Gasteiger partial charge in [0.2, 0.25) is 5.91 Å². The van der Waals surface area contributed by atoms with E-state index < -0.39 is 5.54 Å². The molecular formula is C18H21N3OS2. The maximum Gasteiger partial charge on any atom is 0.231 e. The van der Waals surface area contributed by atoms with Crippen LogP contribution in [0.4, 0.5) is 5.69 Å². The Morgan fingerprint density at radius 3 is 2.79 bits per heavy atom. The zero-order valence-corrected chi connectivity index (χ0v) is 15.2. The molecule has 0 spiro atoms. The number of fused-ring (bicyclic) bond motifs is 1. The second kappa shape index (κ2) is 8.09. The molecule has 2 aliphatic rings. The van der Waals surface area contributed by atoms with Crippen LogP contribution in [0.2, 0.25) is 0 Å². The molecule has 1 N–H and O–H groups in total. The standard InChI is InChI=1S/C18H21N3OS2/c19-13-18(9-5-1-2-6-10-18)21-16(22)12-24-17-20-15-8-4-3-7-14(15)11-23-17/h3-4,7-8H,1-2,5-6,9-12H2,(H,21,22). The van der Waals surface area contributed by atoms with Gasteiger partial charge >= 0.3 is 0 Å². The normalized spacial score (nSPS) is 19.4. The molecule has 1 aliphatic heterocycles. The molecular weight excluding hydrogens is 338 g/mol. The van der Waals surface area contributed by atoms with Crippen molar-refractivity contribution in [3.05, 3.63) is 29.8 Å². The third kappa shape index (κ3) is 4.34. The molecule has 6 heteroatoms. The van der Waals surface area contributed by atoms with Gasteiger partial charge in [0.25, 0.3) is 0 Å². The Morgan fingerprint density at radius 1 is 1.29 bits per heavy atom. The van der Waals surface area contributed by atoms with E-state index in [1.807, 2.05) is 18.2 Å². The molecule has 0 aromatic heterocycles. The zero-order chi connectivity index (χ0) is 16.8. The predicted octanol–water partition coefficient (Wildman–Crippen LogP) is 4.39. The van der Waals surface area contributed by atoms with Crippen LogP contribution in [0.5, 0.6) is 0 Å². The Balaban J connectivity index is 1.56. The first-order valence-electron chi connectivity index (χ1n) is 8.35. The van der Waals surface area contributed by atoms with Crippen molar-refractivity contribution in [2.45, 2.75) is 49.8 Å². The molecule has 3 rings (SSSR count). The number of aliphatic imine (C=N–C) groups is 1. The maximum absolute atomic E-state index is 12.3. The molecule has 0 unspecified atom stereocenters. The van der Waals surface area contributed by atoms with Gasteiger partial charge in [0.1, 0.15) is 9.91 Å². The van der Waals surface area contributed by atoms with Crippen molar-refractivity contribution >= 4 is 39.5 Å². The molecule has 1 aromatic carbocycles. The fourth-order valence-corrected chi connectivity index (χ4v) is 4.98. The molecule has 0 bridgehead atoms. The Bertz CT molecular complexity index is 673. The average molecular weight is 360 g/mol. The quantitative estimate of drug-likeness (QED) is 0.813. The lowest BCUT2D eigenvalue weighted by molar-refractivity contribution is -0.120. The summed E-state index contributed by atoms with van der Waals surface area (Å²) in [6.45, 7) is 0. The van der Waals surface area contributed by atoms with Crippen LogP contribution < -0.4 is 5.32 Å². The molecule has 0 atom stereocenters. The van der Waals surface area contributed by atoms with Crippen LogP contribution in [0.1, 0.15) is 44.1 Å². The van der Waals surface area contributed by atoms with Crippen molar-refractivity contribution < 1.29 is 4.79 Å². The minimum absolute atomic E-state index is 0.0643. The number of amides is 1. The van der Waals surface area contributed by atoms with Gasteiger partial charge in [-0.2, -0.15) is 5.26 Å². The zero-order valence-electron chi connectivity index (χ0n) is 13.6. The number of para-hydroxylation sites is 1. The summed E-state index contributed by atoms with van der Waals surface area (Å²) in [5.41, 5.74) is 1.57. The molecule has 1 aromatic rings. The van der Waals surface area contributed by atoms with Gasteiger partial charge in [-0.1, -0.05) is 67.4 Å². The minimum Gasteiger partial charge on any atom is -0.337 e. The Hall–Kier alpha value is -1.45. The first kappa shape index (κ1) is 17.4. The van der Waals surface area contributed by atoms with E-state index in [2.05, 4.69) is 22.4 Å². The highest BCUT2D eigenvalue weighted by atomic mass is 32.2. The van der Waals surface area contributed by atoms with Gasteiger partial charge in [0, 0.05) is 5.75 Å². The van der Waals surface area contributed by atoms with Gasteiger partial charge in [-0.25, -0.2) is 4.99 Å². The van der Waals surface area contributed by atoms with E-state index in [0.717, 1.165) is 54.3 Å². The summed E-state index contributed by atoms with van der Waals surface area (Å²) >= 11 is 3.13.